The molecule has 2 N–H and O–H groups in total. The number of hydrogen-bond donors (Lipinski definition) is 2. The maximum Gasteiger partial charge on any atom is 0.231 e. The minimum Gasteiger partial charge on any atom is -0.326 e. The Kier molecular flexibility index (Phi) is 3.76. The van der Waals surface area contributed by atoms with Crippen LogP contribution in [0.2, 0.25) is 0 Å². The van der Waals surface area contributed by atoms with Crippen molar-refractivity contribution < 1.29 is 4.79 Å². The zero-order valence-electron chi connectivity index (χ0n) is 12.2. The molecule has 3 rings (SSSR count). The Morgan fingerprint density at radius 3 is 2.33 bits per heavy atom. The van der Waals surface area contributed by atoms with Gasteiger partial charge in [0.1, 0.15) is 0 Å². The van der Waals surface area contributed by atoms with E-state index in [4.69, 9.17) is 0 Å². The van der Waals surface area contributed by atoms with Crippen molar-refractivity contribution in [1.29, 1.82) is 0 Å². The predicted molar refractivity (Wildman–Crippen MR) is 86.1 cm³/mol. The lowest BCUT2D eigenvalue weighted by Crippen LogP contribution is -2.35. The largest absolute Gasteiger partial charge is 0.326 e. The number of carbonyl (C=O) groups excluding carboxylic acids is 1. The lowest BCUT2D eigenvalue weighted by molar-refractivity contribution is -0.123. The van der Waals surface area contributed by atoms with Crippen LogP contribution in [0.3, 0.4) is 0 Å². The summed E-state index contributed by atoms with van der Waals surface area (Å²) in [5.74, 6) is 0.0972. The van der Waals surface area contributed by atoms with Gasteiger partial charge in [-0.1, -0.05) is 42.5 Å². The number of rotatable bonds is 3. The first kappa shape index (κ1) is 13.8. The minimum absolute atomic E-state index is 0.0972. The Bertz CT molecular complexity index is 613. The van der Waals surface area contributed by atoms with E-state index in [1.807, 2.05) is 49.4 Å². The molecule has 1 atom stereocenters. The average molecular weight is 280 g/mol. The first-order valence-electron chi connectivity index (χ1n) is 7.35. The van der Waals surface area contributed by atoms with E-state index < -0.39 is 0 Å². The Labute approximate surface area is 125 Å². The fourth-order valence-electron chi connectivity index (χ4n) is 2.67. The molecule has 1 unspecified atom stereocenters. The molecule has 0 radical (unpaired) electrons. The Hall–Kier alpha value is -2.13. The van der Waals surface area contributed by atoms with Crippen molar-refractivity contribution >= 4 is 11.6 Å². The summed E-state index contributed by atoms with van der Waals surface area (Å²) in [5.41, 5.74) is 2.90. The SMILES string of the molecule is CC1(C(=O)Nc2ccc(-c3ccccc3)cc2)CCNC1. The van der Waals surface area contributed by atoms with E-state index in [1.54, 1.807) is 0 Å². The number of nitrogens with one attached hydrogen (secondary N) is 2. The lowest BCUT2D eigenvalue weighted by Gasteiger charge is -2.21. The van der Waals surface area contributed by atoms with Crippen LogP contribution in [0.1, 0.15) is 13.3 Å². The molecular weight excluding hydrogens is 260 g/mol. The molecule has 2 aromatic carbocycles. The number of carbonyl (C=O) groups is 1. The zero-order chi connectivity index (χ0) is 14.7. The average Bonchev–Trinajstić information content (AvgIpc) is 2.97. The fraction of sp³-hybridized carbons (Fsp3) is 0.278. The summed E-state index contributed by atoms with van der Waals surface area (Å²) in [6, 6.07) is 18.2. The summed E-state index contributed by atoms with van der Waals surface area (Å²) in [5, 5.41) is 6.27. The fourth-order valence-corrected chi connectivity index (χ4v) is 2.67. The van der Waals surface area contributed by atoms with Crippen LogP contribution in [0.15, 0.2) is 54.6 Å². The number of amides is 1. The van der Waals surface area contributed by atoms with E-state index in [2.05, 4.69) is 22.8 Å². The smallest absolute Gasteiger partial charge is 0.231 e. The van der Waals surface area contributed by atoms with Gasteiger partial charge in [-0.25, -0.2) is 0 Å². The van der Waals surface area contributed by atoms with Crippen LogP contribution in [-0.4, -0.2) is 19.0 Å². The second-order valence-electron chi connectivity index (χ2n) is 5.88. The van der Waals surface area contributed by atoms with Gasteiger partial charge < -0.3 is 10.6 Å². The van der Waals surface area contributed by atoms with Gasteiger partial charge in [0.05, 0.1) is 5.41 Å². The van der Waals surface area contributed by atoms with Gasteiger partial charge in [0.2, 0.25) is 5.91 Å². The molecule has 1 aliphatic heterocycles. The van der Waals surface area contributed by atoms with Gasteiger partial charge in [-0.2, -0.15) is 0 Å². The highest BCUT2D eigenvalue weighted by Gasteiger charge is 2.36. The van der Waals surface area contributed by atoms with Crippen molar-refractivity contribution in [3.05, 3.63) is 54.6 Å². The number of benzene rings is 2. The maximum atomic E-state index is 12.3. The van der Waals surface area contributed by atoms with Crippen molar-refractivity contribution in [2.75, 3.05) is 18.4 Å². The van der Waals surface area contributed by atoms with Crippen LogP contribution in [0.4, 0.5) is 5.69 Å². The molecule has 1 fully saturated rings. The zero-order valence-corrected chi connectivity index (χ0v) is 12.2. The van der Waals surface area contributed by atoms with Crippen molar-refractivity contribution in [2.45, 2.75) is 13.3 Å². The third-order valence-electron chi connectivity index (χ3n) is 4.17. The van der Waals surface area contributed by atoms with E-state index in [1.165, 1.54) is 5.56 Å². The van der Waals surface area contributed by atoms with Crippen molar-refractivity contribution in [2.24, 2.45) is 5.41 Å². The second kappa shape index (κ2) is 5.70. The topological polar surface area (TPSA) is 41.1 Å². The molecule has 21 heavy (non-hydrogen) atoms. The Morgan fingerprint density at radius 1 is 1.05 bits per heavy atom. The van der Waals surface area contributed by atoms with Crippen LogP contribution < -0.4 is 10.6 Å². The molecule has 108 valence electrons. The van der Waals surface area contributed by atoms with E-state index in [9.17, 15) is 4.79 Å². The summed E-state index contributed by atoms with van der Waals surface area (Å²) in [6.07, 6.45) is 0.890. The molecule has 1 heterocycles. The molecule has 3 heteroatoms. The van der Waals surface area contributed by atoms with Gasteiger partial charge in [0.15, 0.2) is 0 Å². The second-order valence-corrected chi connectivity index (χ2v) is 5.88. The van der Waals surface area contributed by atoms with Crippen LogP contribution in [0.5, 0.6) is 0 Å². The monoisotopic (exact) mass is 280 g/mol. The molecular formula is C18H20N2O. The molecule has 2 aromatic rings. The third-order valence-corrected chi connectivity index (χ3v) is 4.17. The van der Waals surface area contributed by atoms with E-state index in [0.717, 1.165) is 30.8 Å². The molecule has 3 nitrogen and oxygen atoms in total. The summed E-state index contributed by atoms with van der Waals surface area (Å²) in [7, 11) is 0. The molecule has 1 saturated heterocycles. The van der Waals surface area contributed by atoms with E-state index >= 15 is 0 Å². The van der Waals surface area contributed by atoms with Crippen molar-refractivity contribution in [3.8, 4) is 11.1 Å². The van der Waals surface area contributed by atoms with Crippen LogP contribution >= 0.6 is 0 Å². The van der Waals surface area contributed by atoms with Gasteiger partial charge >= 0.3 is 0 Å². The van der Waals surface area contributed by atoms with Crippen LogP contribution in [-0.2, 0) is 4.79 Å². The van der Waals surface area contributed by atoms with E-state index in [-0.39, 0.29) is 11.3 Å². The minimum atomic E-state index is -0.294. The predicted octanol–water partition coefficient (Wildman–Crippen LogP) is 3.29. The highest BCUT2D eigenvalue weighted by Crippen LogP contribution is 2.27. The van der Waals surface area contributed by atoms with Gasteiger partial charge in [-0.05, 0) is 43.1 Å². The summed E-state index contributed by atoms with van der Waals surface area (Å²) in [6.45, 7) is 3.68. The number of hydrogen-bond acceptors (Lipinski definition) is 2. The highest BCUT2D eigenvalue weighted by molar-refractivity contribution is 5.95. The summed E-state index contributed by atoms with van der Waals surface area (Å²) in [4.78, 5) is 12.3. The molecule has 1 aliphatic rings. The van der Waals surface area contributed by atoms with Gasteiger partial charge in [0, 0.05) is 12.2 Å². The van der Waals surface area contributed by atoms with Gasteiger partial charge in [-0.15, -0.1) is 0 Å². The van der Waals surface area contributed by atoms with Crippen molar-refractivity contribution in [3.63, 3.8) is 0 Å². The molecule has 0 bridgehead atoms. The molecule has 0 saturated carbocycles. The first-order valence-corrected chi connectivity index (χ1v) is 7.35. The van der Waals surface area contributed by atoms with Gasteiger partial charge in [0.25, 0.3) is 0 Å². The quantitative estimate of drug-likeness (QED) is 0.906. The highest BCUT2D eigenvalue weighted by atomic mass is 16.2. The van der Waals surface area contributed by atoms with Crippen LogP contribution in [0, 0.1) is 5.41 Å². The van der Waals surface area contributed by atoms with E-state index in [0.29, 0.717) is 0 Å². The summed E-state index contributed by atoms with van der Waals surface area (Å²) < 4.78 is 0. The van der Waals surface area contributed by atoms with Gasteiger partial charge in [-0.3, -0.25) is 4.79 Å². The third kappa shape index (κ3) is 2.98. The molecule has 1 amide bonds. The Morgan fingerprint density at radius 2 is 1.71 bits per heavy atom. The summed E-state index contributed by atoms with van der Waals surface area (Å²) >= 11 is 0. The molecule has 0 aliphatic carbocycles. The van der Waals surface area contributed by atoms with Crippen LogP contribution in [0.25, 0.3) is 11.1 Å². The standard InChI is InChI=1S/C18H20N2O/c1-18(11-12-19-13-18)17(21)20-16-9-7-15(8-10-16)14-5-3-2-4-6-14/h2-10,19H,11-13H2,1H3,(H,20,21). The molecule has 0 spiro atoms. The lowest BCUT2D eigenvalue weighted by atomic mass is 9.88. The molecule has 0 aromatic heterocycles. The maximum absolute atomic E-state index is 12.3. The number of anilines is 1. The normalized spacial score (nSPS) is 21.2. The first-order chi connectivity index (χ1) is 10.2. The van der Waals surface area contributed by atoms with Crippen molar-refractivity contribution in [1.82, 2.24) is 5.32 Å². The Balaban J connectivity index is 1.72.